The van der Waals surface area contributed by atoms with Crippen molar-refractivity contribution in [3.05, 3.63) is 35.4 Å². The standard InChI is InChI=1S/C18H22N2O5/c1-18(2,3)25-17(23)19-8-9-24-11-14(19)16(22)20-10-12-6-4-5-7-13(12)15(20)21/h4-7,14H,8-11H2,1-3H3. The molecule has 1 saturated heterocycles. The fourth-order valence-electron chi connectivity index (χ4n) is 2.96. The van der Waals surface area contributed by atoms with Crippen LogP contribution < -0.4 is 0 Å². The molecule has 2 heterocycles. The summed E-state index contributed by atoms with van der Waals surface area (Å²) >= 11 is 0. The predicted octanol–water partition coefficient (Wildman–Crippen LogP) is 1.80. The first kappa shape index (κ1) is 17.4. The Morgan fingerprint density at radius 1 is 1.24 bits per heavy atom. The van der Waals surface area contributed by atoms with Crippen molar-refractivity contribution < 1.29 is 23.9 Å². The topological polar surface area (TPSA) is 76.2 Å². The maximum atomic E-state index is 12.9. The van der Waals surface area contributed by atoms with Crippen molar-refractivity contribution in [2.24, 2.45) is 0 Å². The molecular formula is C18H22N2O5. The number of carbonyl (C=O) groups excluding carboxylic acids is 3. The minimum Gasteiger partial charge on any atom is -0.444 e. The Bertz CT molecular complexity index is 710. The highest BCUT2D eigenvalue weighted by atomic mass is 16.6. The summed E-state index contributed by atoms with van der Waals surface area (Å²) in [6, 6.07) is 6.26. The van der Waals surface area contributed by atoms with E-state index in [0.717, 1.165) is 5.56 Å². The number of rotatable bonds is 1. The minimum atomic E-state index is -0.859. The molecule has 0 aromatic heterocycles. The van der Waals surface area contributed by atoms with E-state index in [1.165, 1.54) is 9.80 Å². The normalized spacial score (nSPS) is 20.4. The number of ether oxygens (including phenoxy) is 2. The summed E-state index contributed by atoms with van der Waals surface area (Å²) in [5, 5.41) is 0. The van der Waals surface area contributed by atoms with Gasteiger partial charge in [-0.3, -0.25) is 19.4 Å². The van der Waals surface area contributed by atoms with Crippen molar-refractivity contribution in [2.75, 3.05) is 19.8 Å². The van der Waals surface area contributed by atoms with Crippen LogP contribution in [0.15, 0.2) is 24.3 Å². The summed E-state index contributed by atoms with van der Waals surface area (Å²) in [6.07, 6.45) is -0.571. The van der Waals surface area contributed by atoms with Crippen LogP contribution in [-0.2, 0) is 20.8 Å². The third-order valence-electron chi connectivity index (χ3n) is 4.13. The zero-order chi connectivity index (χ0) is 18.2. The Labute approximate surface area is 146 Å². The Morgan fingerprint density at radius 2 is 1.96 bits per heavy atom. The molecular weight excluding hydrogens is 324 g/mol. The molecule has 25 heavy (non-hydrogen) atoms. The summed E-state index contributed by atoms with van der Waals surface area (Å²) in [6.45, 7) is 6.15. The molecule has 3 amide bonds. The lowest BCUT2D eigenvalue weighted by atomic mass is 10.1. The van der Waals surface area contributed by atoms with E-state index in [2.05, 4.69) is 0 Å². The largest absolute Gasteiger partial charge is 0.444 e. The SMILES string of the molecule is CC(C)(C)OC(=O)N1CCOCC1C(=O)N1Cc2ccccc2C1=O. The van der Waals surface area contributed by atoms with Crippen LogP contribution in [0.4, 0.5) is 4.79 Å². The third-order valence-corrected chi connectivity index (χ3v) is 4.13. The molecule has 0 bridgehead atoms. The Balaban J connectivity index is 1.78. The van der Waals surface area contributed by atoms with Crippen molar-refractivity contribution in [3.63, 3.8) is 0 Å². The van der Waals surface area contributed by atoms with E-state index in [-0.39, 0.29) is 25.6 Å². The number of amides is 3. The molecule has 0 radical (unpaired) electrons. The zero-order valence-corrected chi connectivity index (χ0v) is 14.7. The number of carbonyl (C=O) groups is 3. The lowest BCUT2D eigenvalue weighted by Crippen LogP contribution is -2.57. The monoisotopic (exact) mass is 346 g/mol. The number of benzene rings is 1. The number of nitrogens with zero attached hydrogens (tertiary/aromatic N) is 2. The van der Waals surface area contributed by atoms with E-state index in [9.17, 15) is 14.4 Å². The van der Waals surface area contributed by atoms with E-state index >= 15 is 0 Å². The fraction of sp³-hybridized carbons (Fsp3) is 0.500. The molecule has 1 unspecified atom stereocenters. The van der Waals surface area contributed by atoms with E-state index in [4.69, 9.17) is 9.47 Å². The number of hydrogen-bond donors (Lipinski definition) is 0. The number of hydrogen-bond acceptors (Lipinski definition) is 5. The van der Waals surface area contributed by atoms with Crippen LogP contribution in [0, 0.1) is 0 Å². The highest BCUT2D eigenvalue weighted by Gasteiger charge is 2.41. The first-order chi connectivity index (χ1) is 11.8. The minimum absolute atomic E-state index is 0.0538. The summed E-state index contributed by atoms with van der Waals surface area (Å²) in [5.41, 5.74) is 0.667. The van der Waals surface area contributed by atoms with Gasteiger partial charge in [0.1, 0.15) is 11.6 Å². The van der Waals surface area contributed by atoms with Crippen LogP contribution in [0.25, 0.3) is 0 Å². The van der Waals surface area contributed by atoms with E-state index < -0.39 is 23.6 Å². The van der Waals surface area contributed by atoms with Gasteiger partial charge in [0.15, 0.2) is 0 Å². The molecule has 2 aliphatic heterocycles. The van der Waals surface area contributed by atoms with Gasteiger partial charge in [0, 0.05) is 12.1 Å². The van der Waals surface area contributed by atoms with Crippen molar-refractivity contribution in [1.29, 1.82) is 0 Å². The first-order valence-electron chi connectivity index (χ1n) is 8.29. The summed E-state index contributed by atoms with van der Waals surface area (Å²) < 4.78 is 10.8. The van der Waals surface area contributed by atoms with Crippen molar-refractivity contribution >= 4 is 17.9 Å². The Morgan fingerprint density at radius 3 is 2.64 bits per heavy atom. The predicted molar refractivity (Wildman–Crippen MR) is 88.9 cm³/mol. The van der Waals surface area contributed by atoms with Gasteiger partial charge in [-0.1, -0.05) is 18.2 Å². The molecule has 7 heteroatoms. The van der Waals surface area contributed by atoms with E-state index in [1.807, 2.05) is 12.1 Å². The maximum absolute atomic E-state index is 12.9. The van der Waals surface area contributed by atoms with Crippen LogP contribution >= 0.6 is 0 Å². The van der Waals surface area contributed by atoms with Crippen LogP contribution in [0.3, 0.4) is 0 Å². The quantitative estimate of drug-likeness (QED) is 0.725. The van der Waals surface area contributed by atoms with Gasteiger partial charge >= 0.3 is 6.09 Å². The molecule has 1 fully saturated rings. The Hall–Kier alpha value is -2.41. The molecule has 134 valence electrons. The van der Waals surface area contributed by atoms with Gasteiger partial charge in [0.25, 0.3) is 11.8 Å². The molecule has 0 N–H and O–H groups in total. The van der Waals surface area contributed by atoms with E-state index in [1.54, 1.807) is 32.9 Å². The average molecular weight is 346 g/mol. The molecule has 1 aromatic carbocycles. The molecule has 7 nitrogen and oxygen atoms in total. The van der Waals surface area contributed by atoms with Crippen molar-refractivity contribution in [1.82, 2.24) is 9.80 Å². The second kappa shape index (κ2) is 6.48. The van der Waals surface area contributed by atoms with Crippen LogP contribution in [0.1, 0.15) is 36.7 Å². The molecule has 0 aliphatic carbocycles. The second-order valence-corrected chi connectivity index (χ2v) is 7.15. The Kier molecular flexibility index (Phi) is 4.51. The first-order valence-corrected chi connectivity index (χ1v) is 8.29. The highest BCUT2D eigenvalue weighted by molar-refractivity contribution is 6.09. The van der Waals surface area contributed by atoms with Crippen molar-refractivity contribution in [2.45, 2.75) is 39.0 Å². The molecule has 1 atom stereocenters. The lowest BCUT2D eigenvalue weighted by molar-refractivity contribution is -0.140. The number of morpholine rings is 1. The van der Waals surface area contributed by atoms with Crippen molar-refractivity contribution in [3.8, 4) is 0 Å². The van der Waals surface area contributed by atoms with Gasteiger partial charge in [-0.15, -0.1) is 0 Å². The second-order valence-electron chi connectivity index (χ2n) is 7.15. The summed E-state index contributed by atoms with van der Waals surface area (Å²) in [5.74, 6) is -0.776. The van der Waals surface area contributed by atoms with Gasteiger partial charge in [-0.2, -0.15) is 0 Å². The molecule has 3 rings (SSSR count). The third kappa shape index (κ3) is 3.51. The van der Waals surface area contributed by atoms with E-state index in [0.29, 0.717) is 12.2 Å². The molecule has 2 aliphatic rings. The maximum Gasteiger partial charge on any atom is 0.411 e. The fourth-order valence-corrected chi connectivity index (χ4v) is 2.96. The summed E-state index contributed by atoms with van der Waals surface area (Å²) in [4.78, 5) is 40.4. The molecule has 1 aromatic rings. The molecule has 0 spiro atoms. The van der Waals surface area contributed by atoms with Crippen LogP contribution in [-0.4, -0.2) is 59.1 Å². The highest BCUT2D eigenvalue weighted by Crippen LogP contribution is 2.25. The molecule has 0 saturated carbocycles. The lowest BCUT2D eigenvalue weighted by Gasteiger charge is -2.36. The van der Waals surface area contributed by atoms with Gasteiger partial charge < -0.3 is 9.47 Å². The average Bonchev–Trinajstić information content (AvgIpc) is 2.90. The number of imide groups is 1. The van der Waals surface area contributed by atoms with Gasteiger partial charge in [0.2, 0.25) is 0 Å². The smallest absolute Gasteiger partial charge is 0.411 e. The van der Waals surface area contributed by atoms with Crippen LogP contribution in [0.5, 0.6) is 0 Å². The van der Waals surface area contributed by atoms with Gasteiger partial charge in [-0.05, 0) is 32.4 Å². The van der Waals surface area contributed by atoms with Gasteiger partial charge in [-0.25, -0.2) is 4.79 Å². The number of fused-ring (bicyclic) bond motifs is 1. The van der Waals surface area contributed by atoms with Gasteiger partial charge in [0.05, 0.1) is 19.8 Å². The van der Waals surface area contributed by atoms with Crippen LogP contribution in [0.2, 0.25) is 0 Å². The summed E-state index contributed by atoms with van der Waals surface area (Å²) in [7, 11) is 0. The zero-order valence-electron chi connectivity index (χ0n) is 14.7.